The number of nitrogens with zero attached hydrogens (tertiary/aromatic N) is 2. The summed E-state index contributed by atoms with van der Waals surface area (Å²) in [6.45, 7) is 6.13. The largest absolute Gasteiger partial charge is 0.378 e. The number of ether oxygens (including phenoxy) is 1. The van der Waals surface area contributed by atoms with E-state index in [4.69, 9.17) is 4.74 Å². The van der Waals surface area contributed by atoms with Gasteiger partial charge in [-0.2, -0.15) is 0 Å². The zero-order valence-electron chi connectivity index (χ0n) is 14.4. The van der Waals surface area contributed by atoms with Gasteiger partial charge >= 0.3 is 0 Å². The average Bonchev–Trinajstić information content (AvgIpc) is 2.61. The van der Waals surface area contributed by atoms with E-state index in [0.717, 1.165) is 16.8 Å². The number of pyridine rings is 1. The van der Waals surface area contributed by atoms with Crippen LogP contribution < -0.4 is 5.32 Å². The highest BCUT2D eigenvalue weighted by molar-refractivity contribution is 6.05. The second-order valence-corrected chi connectivity index (χ2v) is 6.20. The van der Waals surface area contributed by atoms with Crippen molar-refractivity contribution in [2.24, 2.45) is 0 Å². The van der Waals surface area contributed by atoms with Crippen LogP contribution in [0.15, 0.2) is 36.7 Å². The SMILES string of the molecule is Cc1cc(C)cc(NC(=O)c2cncc(C(=O)N3CCOCC3)c2)c1. The number of hydrogen-bond donors (Lipinski definition) is 1. The van der Waals surface area contributed by atoms with E-state index in [2.05, 4.69) is 10.3 Å². The molecule has 0 atom stereocenters. The lowest BCUT2D eigenvalue weighted by Gasteiger charge is -2.26. The lowest BCUT2D eigenvalue weighted by molar-refractivity contribution is 0.0302. The molecule has 130 valence electrons. The number of aromatic nitrogens is 1. The number of nitrogens with one attached hydrogen (secondary N) is 1. The normalized spacial score (nSPS) is 14.2. The molecule has 1 aromatic carbocycles. The third-order valence-electron chi connectivity index (χ3n) is 4.03. The molecule has 1 aliphatic heterocycles. The second-order valence-electron chi connectivity index (χ2n) is 6.20. The van der Waals surface area contributed by atoms with Crippen LogP contribution in [0.5, 0.6) is 0 Å². The van der Waals surface area contributed by atoms with Crippen LogP contribution >= 0.6 is 0 Å². The first-order valence-corrected chi connectivity index (χ1v) is 8.24. The molecule has 0 saturated carbocycles. The minimum Gasteiger partial charge on any atom is -0.378 e. The average molecular weight is 339 g/mol. The third-order valence-corrected chi connectivity index (χ3v) is 4.03. The number of hydrogen-bond acceptors (Lipinski definition) is 4. The summed E-state index contributed by atoms with van der Waals surface area (Å²) in [7, 11) is 0. The molecule has 0 aliphatic carbocycles. The van der Waals surface area contributed by atoms with Gasteiger partial charge in [-0.05, 0) is 43.2 Å². The Hall–Kier alpha value is -2.73. The van der Waals surface area contributed by atoms with Crippen molar-refractivity contribution < 1.29 is 14.3 Å². The summed E-state index contributed by atoms with van der Waals surface area (Å²) in [5, 5.41) is 2.86. The quantitative estimate of drug-likeness (QED) is 0.932. The molecule has 1 aromatic heterocycles. The molecule has 1 N–H and O–H groups in total. The van der Waals surface area contributed by atoms with E-state index in [1.807, 2.05) is 32.0 Å². The summed E-state index contributed by atoms with van der Waals surface area (Å²) in [5.41, 5.74) is 3.65. The molecular formula is C19H21N3O3. The highest BCUT2D eigenvalue weighted by atomic mass is 16.5. The molecule has 2 heterocycles. The Kier molecular flexibility index (Phi) is 5.09. The van der Waals surface area contributed by atoms with E-state index in [-0.39, 0.29) is 11.8 Å². The maximum atomic E-state index is 12.5. The highest BCUT2D eigenvalue weighted by Gasteiger charge is 2.20. The monoisotopic (exact) mass is 339 g/mol. The van der Waals surface area contributed by atoms with Crippen LogP contribution in [-0.4, -0.2) is 48.0 Å². The molecule has 6 heteroatoms. The number of aryl methyl sites for hydroxylation is 2. The Balaban J connectivity index is 1.76. The van der Waals surface area contributed by atoms with Gasteiger partial charge in [0.25, 0.3) is 11.8 Å². The molecule has 0 radical (unpaired) electrons. The van der Waals surface area contributed by atoms with Crippen LogP contribution in [0, 0.1) is 13.8 Å². The van der Waals surface area contributed by atoms with Crippen molar-refractivity contribution in [2.45, 2.75) is 13.8 Å². The van der Waals surface area contributed by atoms with Crippen molar-refractivity contribution in [3.05, 3.63) is 58.9 Å². The Morgan fingerprint density at radius 1 is 1.00 bits per heavy atom. The van der Waals surface area contributed by atoms with Gasteiger partial charge in [-0.25, -0.2) is 0 Å². The van der Waals surface area contributed by atoms with Crippen LogP contribution in [0.4, 0.5) is 5.69 Å². The lowest BCUT2D eigenvalue weighted by Crippen LogP contribution is -2.40. The van der Waals surface area contributed by atoms with Crippen molar-refractivity contribution in [1.82, 2.24) is 9.88 Å². The minimum absolute atomic E-state index is 0.128. The number of amides is 2. The zero-order valence-corrected chi connectivity index (χ0v) is 14.4. The first kappa shape index (κ1) is 17.1. The van der Waals surface area contributed by atoms with E-state index >= 15 is 0 Å². The van der Waals surface area contributed by atoms with Gasteiger partial charge in [0.1, 0.15) is 0 Å². The van der Waals surface area contributed by atoms with Crippen LogP contribution in [0.1, 0.15) is 31.8 Å². The summed E-state index contributed by atoms with van der Waals surface area (Å²) in [4.78, 5) is 30.8. The fourth-order valence-corrected chi connectivity index (χ4v) is 2.88. The van der Waals surface area contributed by atoms with Crippen molar-refractivity contribution in [3.8, 4) is 0 Å². The van der Waals surface area contributed by atoms with Gasteiger partial charge in [0.15, 0.2) is 0 Å². The molecule has 0 bridgehead atoms. The maximum absolute atomic E-state index is 12.5. The summed E-state index contributed by atoms with van der Waals surface area (Å²) in [6.07, 6.45) is 2.96. The second kappa shape index (κ2) is 7.44. The van der Waals surface area contributed by atoms with Gasteiger partial charge in [-0.3, -0.25) is 14.6 Å². The number of benzene rings is 1. The molecule has 2 aromatic rings. The van der Waals surface area contributed by atoms with E-state index in [9.17, 15) is 9.59 Å². The molecule has 1 aliphatic rings. The molecule has 2 amide bonds. The van der Waals surface area contributed by atoms with Gasteiger partial charge in [0, 0.05) is 31.2 Å². The fraction of sp³-hybridized carbons (Fsp3) is 0.316. The number of carbonyl (C=O) groups is 2. The molecular weight excluding hydrogens is 318 g/mol. The molecule has 6 nitrogen and oxygen atoms in total. The van der Waals surface area contributed by atoms with Crippen molar-refractivity contribution >= 4 is 17.5 Å². The third kappa shape index (κ3) is 4.22. The van der Waals surface area contributed by atoms with Gasteiger partial charge in [0.05, 0.1) is 24.3 Å². The molecule has 3 rings (SSSR count). The Morgan fingerprint density at radius 2 is 1.64 bits per heavy atom. The van der Waals surface area contributed by atoms with Crippen molar-refractivity contribution in [2.75, 3.05) is 31.6 Å². The van der Waals surface area contributed by atoms with E-state index in [0.29, 0.717) is 37.4 Å². The number of carbonyl (C=O) groups excluding carboxylic acids is 2. The van der Waals surface area contributed by atoms with E-state index in [1.54, 1.807) is 11.0 Å². The summed E-state index contributed by atoms with van der Waals surface area (Å²) >= 11 is 0. The number of morpholine rings is 1. The molecule has 1 saturated heterocycles. The summed E-state index contributed by atoms with van der Waals surface area (Å²) in [6, 6.07) is 7.43. The fourth-order valence-electron chi connectivity index (χ4n) is 2.88. The number of anilines is 1. The lowest BCUT2D eigenvalue weighted by atomic mass is 10.1. The van der Waals surface area contributed by atoms with Crippen molar-refractivity contribution in [3.63, 3.8) is 0 Å². The zero-order chi connectivity index (χ0) is 17.8. The molecule has 0 spiro atoms. The van der Waals surface area contributed by atoms with Crippen LogP contribution in [0.2, 0.25) is 0 Å². The van der Waals surface area contributed by atoms with Gasteiger partial charge in [-0.1, -0.05) is 6.07 Å². The Bertz CT molecular complexity index is 778. The smallest absolute Gasteiger partial charge is 0.257 e. The first-order chi connectivity index (χ1) is 12.0. The molecule has 25 heavy (non-hydrogen) atoms. The topological polar surface area (TPSA) is 71.5 Å². The van der Waals surface area contributed by atoms with E-state index < -0.39 is 0 Å². The van der Waals surface area contributed by atoms with Crippen molar-refractivity contribution in [1.29, 1.82) is 0 Å². The predicted molar refractivity (Wildman–Crippen MR) is 94.8 cm³/mol. The number of rotatable bonds is 3. The Labute approximate surface area is 146 Å². The molecule has 1 fully saturated rings. The van der Waals surface area contributed by atoms with Gasteiger partial charge in [0.2, 0.25) is 0 Å². The van der Waals surface area contributed by atoms with Crippen LogP contribution in [0.3, 0.4) is 0 Å². The maximum Gasteiger partial charge on any atom is 0.257 e. The first-order valence-electron chi connectivity index (χ1n) is 8.24. The Morgan fingerprint density at radius 3 is 2.32 bits per heavy atom. The van der Waals surface area contributed by atoms with E-state index in [1.165, 1.54) is 12.4 Å². The standard InChI is InChI=1S/C19H21N3O3/c1-13-7-14(2)9-17(8-13)21-18(23)15-10-16(12-20-11-15)19(24)22-3-5-25-6-4-22/h7-12H,3-6H2,1-2H3,(H,21,23). The van der Waals surface area contributed by atoms with Gasteiger partial charge < -0.3 is 15.0 Å². The van der Waals surface area contributed by atoms with Gasteiger partial charge in [-0.15, -0.1) is 0 Å². The van der Waals surface area contributed by atoms with Crippen LogP contribution in [0.25, 0.3) is 0 Å². The summed E-state index contributed by atoms with van der Waals surface area (Å²) < 4.78 is 5.26. The highest BCUT2D eigenvalue weighted by Crippen LogP contribution is 2.16. The summed E-state index contributed by atoms with van der Waals surface area (Å²) in [5.74, 6) is -0.411. The molecule has 0 unspecified atom stereocenters. The minimum atomic E-state index is -0.283. The van der Waals surface area contributed by atoms with Crippen LogP contribution in [-0.2, 0) is 4.74 Å². The predicted octanol–water partition coefficient (Wildman–Crippen LogP) is 2.42.